The standard InChI is InChI=1S/C14H15ClNO5PS2/c1-3-20-22(19,21-4-2)14-13(15)23-12(24-14)9-10-6-5-7-11(8-10)16(17)18/h5-9H,3-4H2,1-2H3/b12-9-. The number of hydrogen-bond acceptors (Lipinski definition) is 7. The van der Waals surface area contributed by atoms with Gasteiger partial charge in [-0.2, -0.15) is 0 Å². The van der Waals surface area contributed by atoms with Crippen molar-refractivity contribution in [2.24, 2.45) is 0 Å². The Labute approximate surface area is 153 Å². The second-order valence-electron chi connectivity index (χ2n) is 4.43. The van der Waals surface area contributed by atoms with Gasteiger partial charge in [0.05, 0.1) is 22.4 Å². The van der Waals surface area contributed by atoms with Crippen molar-refractivity contribution in [2.75, 3.05) is 13.2 Å². The predicted octanol–water partition coefficient (Wildman–Crippen LogP) is 6.00. The fourth-order valence-electron chi connectivity index (χ4n) is 1.87. The molecular formula is C14H15ClNO5PS2. The van der Waals surface area contributed by atoms with Gasteiger partial charge in [0.25, 0.3) is 5.69 Å². The van der Waals surface area contributed by atoms with E-state index >= 15 is 0 Å². The largest absolute Gasteiger partial charge is 0.370 e. The molecule has 0 N–H and O–H groups in total. The number of rotatable bonds is 7. The SMILES string of the molecule is CCOP(=O)(OCC)C1=C(Cl)S/C(=C/c2cccc([N+](=O)[O-])c2)S1. The zero-order valence-corrected chi connectivity index (χ0v) is 16.2. The van der Waals surface area contributed by atoms with Crippen molar-refractivity contribution in [3.8, 4) is 0 Å². The second-order valence-corrected chi connectivity index (χ2v) is 9.66. The van der Waals surface area contributed by atoms with E-state index in [1.165, 1.54) is 35.7 Å². The fourth-order valence-corrected chi connectivity index (χ4v) is 7.44. The number of hydrogen-bond donors (Lipinski definition) is 0. The quantitative estimate of drug-likeness (QED) is 0.311. The van der Waals surface area contributed by atoms with Crippen LogP contribution in [0.25, 0.3) is 6.08 Å². The summed E-state index contributed by atoms with van der Waals surface area (Å²) < 4.78 is 24.9. The van der Waals surface area contributed by atoms with Gasteiger partial charge in [0.2, 0.25) is 0 Å². The third kappa shape index (κ3) is 4.65. The van der Waals surface area contributed by atoms with Gasteiger partial charge in [-0.15, -0.1) is 0 Å². The smallest absolute Gasteiger partial charge is 0.305 e. The van der Waals surface area contributed by atoms with Crippen molar-refractivity contribution in [2.45, 2.75) is 13.8 Å². The van der Waals surface area contributed by atoms with Crippen LogP contribution in [0, 0.1) is 10.1 Å². The van der Waals surface area contributed by atoms with Gasteiger partial charge in [0.1, 0.15) is 9.01 Å². The van der Waals surface area contributed by atoms with Crippen LogP contribution in [0.4, 0.5) is 5.69 Å². The van der Waals surface area contributed by atoms with Crippen LogP contribution in [-0.2, 0) is 13.6 Å². The molecule has 1 aromatic rings. The van der Waals surface area contributed by atoms with Gasteiger partial charge in [-0.05, 0) is 25.5 Å². The van der Waals surface area contributed by atoms with Gasteiger partial charge in [0.15, 0.2) is 0 Å². The van der Waals surface area contributed by atoms with Crippen molar-refractivity contribution in [1.82, 2.24) is 0 Å². The van der Waals surface area contributed by atoms with Crippen LogP contribution in [0.5, 0.6) is 0 Å². The minimum atomic E-state index is -3.45. The Bertz CT molecular complexity index is 742. The highest BCUT2D eigenvalue weighted by Crippen LogP contribution is 2.69. The summed E-state index contributed by atoms with van der Waals surface area (Å²) in [7, 11) is -3.45. The van der Waals surface area contributed by atoms with Crippen LogP contribution in [0.15, 0.2) is 37.5 Å². The first-order chi connectivity index (χ1) is 11.4. The van der Waals surface area contributed by atoms with E-state index in [2.05, 4.69) is 0 Å². The third-order valence-corrected chi connectivity index (χ3v) is 8.49. The molecule has 130 valence electrons. The summed E-state index contributed by atoms with van der Waals surface area (Å²) >= 11 is 8.65. The molecule has 10 heteroatoms. The van der Waals surface area contributed by atoms with E-state index in [9.17, 15) is 14.7 Å². The first-order valence-corrected chi connectivity index (χ1v) is 10.6. The molecule has 0 saturated heterocycles. The molecule has 24 heavy (non-hydrogen) atoms. The first-order valence-electron chi connectivity index (χ1n) is 7.01. The molecule has 0 atom stereocenters. The topological polar surface area (TPSA) is 78.7 Å². The van der Waals surface area contributed by atoms with E-state index in [4.69, 9.17) is 20.6 Å². The number of nitrogens with zero attached hydrogens (tertiary/aromatic N) is 1. The van der Waals surface area contributed by atoms with Crippen molar-refractivity contribution < 1.29 is 18.5 Å². The Morgan fingerprint density at radius 2 is 1.96 bits per heavy atom. The average Bonchev–Trinajstić information content (AvgIpc) is 2.89. The zero-order chi connectivity index (χ0) is 17.7. The summed E-state index contributed by atoms with van der Waals surface area (Å²) in [6.45, 7) is 3.93. The lowest BCUT2D eigenvalue weighted by atomic mass is 10.2. The fraction of sp³-hybridized carbons (Fsp3) is 0.286. The van der Waals surface area contributed by atoms with Crippen LogP contribution in [-0.4, -0.2) is 18.1 Å². The maximum atomic E-state index is 12.8. The minimum Gasteiger partial charge on any atom is -0.305 e. The Morgan fingerprint density at radius 3 is 2.54 bits per heavy atom. The number of nitro benzene ring substituents is 1. The second kappa shape index (κ2) is 8.56. The van der Waals surface area contributed by atoms with Gasteiger partial charge in [-0.1, -0.05) is 47.3 Å². The Morgan fingerprint density at radius 1 is 1.29 bits per heavy atom. The normalized spacial score (nSPS) is 16.9. The van der Waals surface area contributed by atoms with Crippen molar-refractivity contribution in [3.63, 3.8) is 0 Å². The molecule has 0 aromatic heterocycles. The van der Waals surface area contributed by atoms with Crippen molar-refractivity contribution in [1.29, 1.82) is 0 Å². The molecule has 0 unspecified atom stereocenters. The Balaban J connectivity index is 2.25. The Hall–Kier alpha value is -0.760. The van der Waals surface area contributed by atoms with Crippen molar-refractivity contribution >= 4 is 54.5 Å². The van der Waals surface area contributed by atoms with E-state index in [1.54, 1.807) is 32.1 Å². The first kappa shape index (κ1) is 19.6. The molecule has 1 aliphatic heterocycles. The lowest BCUT2D eigenvalue weighted by Crippen LogP contribution is -1.96. The number of thioether (sulfide) groups is 2. The highest BCUT2D eigenvalue weighted by atomic mass is 35.5. The summed E-state index contributed by atoms with van der Waals surface area (Å²) in [4.78, 5) is 10.4. The van der Waals surface area contributed by atoms with Crippen LogP contribution in [0.3, 0.4) is 0 Å². The highest BCUT2D eigenvalue weighted by Gasteiger charge is 2.38. The molecule has 1 aromatic carbocycles. The Kier molecular flexibility index (Phi) is 6.98. The monoisotopic (exact) mass is 407 g/mol. The molecule has 0 saturated carbocycles. The summed E-state index contributed by atoms with van der Waals surface area (Å²) in [5.41, 5.74) is 0.665. The molecule has 0 amide bonds. The molecule has 1 aliphatic rings. The molecule has 2 rings (SSSR count). The average molecular weight is 408 g/mol. The minimum absolute atomic E-state index is 0.00549. The molecule has 6 nitrogen and oxygen atoms in total. The maximum absolute atomic E-state index is 12.8. The van der Waals surface area contributed by atoms with E-state index in [0.29, 0.717) is 14.6 Å². The number of benzene rings is 1. The van der Waals surface area contributed by atoms with Gasteiger partial charge >= 0.3 is 7.60 Å². The van der Waals surface area contributed by atoms with E-state index in [1.807, 2.05) is 0 Å². The number of nitro groups is 1. The van der Waals surface area contributed by atoms with E-state index in [0.717, 1.165) is 4.24 Å². The summed E-state index contributed by atoms with van der Waals surface area (Å²) in [5.74, 6) is 0. The zero-order valence-electron chi connectivity index (χ0n) is 12.9. The lowest BCUT2D eigenvalue weighted by Gasteiger charge is -2.17. The molecule has 0 bridgehead atoms. The molecule has 0 aliphatic carbocycles. The number of halogens is 1. The molecule has 0 spiro atoms. The van der Waals surface area contributed by atoms with E-state index < -0.39 is 12.5 Å². The van der Waals surface area contributed by atoms with Gasteiger partial charge in [0, 0.05) is 12.1 Å². The highest BCUT2D eigenvalue weighted by molar-refractivity contribution is 8.32. The predicted molar refractivity (Wildman–Crippen MR) is 100.0 cm³/mol. The molecular weight excluding hydrogens is 393 g/mol. The summed E-state index contributed by atoms with van der Waals surface area (Å²) in [5, 5.41) is 10.8. The van der Waals surface area contributed by atoms with Crippen molar-refractivity contribution in [3.05, 3.63) is 53.2 Å². The van der Waals surface area contributed by atoms with Crippen LogP contribution >= 0.6 is 42.7 Å². The third-order valence-electron chi connectivity index (χ3n) is 2.77. The number of non-ortho nitro benzene ring substituents is 1. The van der Waals surface area contributed by atoms with Crippen LogP contribution < -0.4 is 0 Å². The molecule has 0 fully saturated rings. The molecule has 1 heterocycles. The van der Waals surface area contributed by atoms with Gasteiger partial charge < -0.3 is 9.05 Å². The van der Waals surface area contributed by atoms with Gasteiger partial charge in [-0.3, -0.25) is 14.7 Å². The summed E-state index contributed by atoms with van der Waals surface area (Å²) in [6, 6.07) is 6.24. The van der Waals surface area contributed by atoms with Crippen LogP contribution in [0.1, 0.15) is 19.4 Å². The van der Waals surface area contributed by atoms with E-state index in [-0.39, 0.29) is 18.9 Å². The molecule has 0 radical (unpaired) electrons. The lowest BCUT2D eigenvalue weighted by molar-refractivity contribution is -0.384. The van der Waals surface area contributed by atoms with Gasteiger partial charge in [-0.25, -0.2) is 0 Å². The summed E-state index contributed by atoms with van der Waals surface area (Å²) in [6.07, 6.45) is 1.75. The van der Waals surface area contributed by atoms with Crippen LogP contribution in [0.2, 0.25) is 0 Å². The maximum Gasteiger partial charge on any atom is 0.370 e.